The SMILES string of the molecule is CNCc1cc(COCCCC(F)(F)F)on1. The van der Waals surface area contributed by atoms with Gasteiger partial charge in [0.1, 0.15) is 6.61 Å². The van der Waals surface area contributed by atoms with Gasteiger partial charge in [0.25, 0.3) is 0 Å². The van der Waals surface area contributed by atoms with Crippen LogP contribution in [-0.2, 0) is 17.9 Å². The van der Waals surface area contributed by atoms with E-state index in [-0.39, 0.29) is 19.6 Å². The average Bonchev–Trinajstić information content (AvgIpc) is 2.64. The second-order valence-electron chi connectivity index (χ2n) is 3.59. The van der Waals surface area contributed by atoms with Gasteiger partial charge in [-0.15, -0.1) is 0 Å². The fourth-order valence-corrected chi connectivity index (χ4v) is 1.24. The number of rotatable bonds is 7. The van der Waals surface area contributed by atoms with E-state index in [1.54, 1.807) is 13.1 Å². The molecule has 1 aromatic heterocycles. The van der Waals surface area contributed by atoms with Crippen LogP contribution in [0.3, 0.4) is 0 Å². The Morgan fingerprint density at radius 1 is 1.47 bits per heavy atom. The Kier molecular flexibility index (Phi) is 5.43. The number of alkyl halides is 3. The molecule has 0 atom stereocenters. The highest BCUT2D eigenvalue weighted by Gasteiger charge is 2.25. The van der Waals surface area contributed by atoms with E-state index in [2.05, 4.69) is 10.5 Å². The van der Waals surface area contributed by atoms with Gasteiger partial charge in [0, 0.05) is 25.6 Å². The first-order valence-corrected chi connectivity index (χ1v) is 5.25. The summed E-state index contributed by atoms with van der Waals surface area (Å²) in [4.78, 5) is 0. The summed E-state index contributed by atoms with van der Waals surface area (Å²) in [5.41, 5.74) is 0.737. The molecule has 0 fully saturated rings. The smallest absolute Gasteiger partial charge is 0.373 e. The maximum absolute atomic E-state index is 11.8. The maximum Gasteiger partial charge on any atom is 0.389 e. The summed E-state index contributed by atoms with van der Waals surface area (Å²) in [5, 5.41) is 6.65. The molecule has 0 aliphatic rings. The molecule has 0 radical (unpaired) electrons. The summed E-state index contributed by atoms with van der Waals surface area (Å²) in [5.74, 6) is 0.516. The molecule has 4 nitrogen and oxygen atoms in total. The quantitative estimate of drug-likeness (QED) is 0.756. The third-order valence-corrected chi connectivity index (χ3v) is 1.96. The average molecular weight is 252 g/mol. The van der Waals surface area contributed by atoms with Crippen LogP contribution in [0.25, 0.3) is 0 Å². The Morgan fingerprint density at radius 3 is 2.88 bits per heavy atom. The van der Waals surface area contributed by atoms with Gasteiger partial charge in [0.2, 0.25) is 0 Å². The first-order valence-electron chi connectivity index (χ1n) is 5.25. The lowest BCUT2D eigenvalue weighted by atomic mass is 10.3. The van der Waals surface area contributed by atoms with Crippen LogP contribution < -0.4 is 5.32 Å². The van der Waals surface area contributed by atoms with Gasteiger partial charge in [0.15, 0.2) is 5.76 Å². The zero-order valence-electron chi connectivity index (χ0n) is 9.51. The number of ether oxygens (including phenoxy) is 1. The topological polar surface area (TPSA) is 47.3 Å². The molecular weight excluding hydrogens is 237 g/mol. The van der Waals surface area contributed by atoms with Crippen LogP contribution in [0.5, 0.6) is 0 Å². The van der Waals surface area contributed by atoms with Gasteiger partial charge < -0.3 is 14.6 Å². The van der Waals surface area contributed by atoms with E-state index in [9.17, 15) is 13.2 Å². The van der Waals surface area contributed by atoms with Crippen molar-refractivity contribution in [3.05, 3.63) is 17.5 Å². The number of hydrogen-bond acceptors (Lipinski definition) is 4. The minimum absolute atomic E-state index is 0.0407. The molecule has 1 aromatic rings. The fourth-order valence-electron chi connectivity index (χ4n) is 1.24. The van der Waals surface area contributed by atoms with Gasteiger partial charge in [-0.3, -0.25) is 0 Å². The van der Waals surface area contributed by atoms with Gasteiger partial charge in [0.05, 0.1) is 5.69 Å². The van der Waals surface area contributed by atoms with Crippen LogP contribution in [0.2, 0.25) is 0 Å². The zero-order chi connectivity index (χ0) is 12.7. The third kappa shape index (κ3) is 6.28. The normalized spacial score (nSPS) is 12.0. The minimum Gasteiger partial charge on any atom is -0.373 e. The van der Waals surface area contributed by atoms with Crippen LogP contribution in [0.4, 0.5) is 13.2 Å². The van der Waals surface area contributed by atoms with E-state index >= 15 is 0 Å². The molecule has 1 heterocycles. The molecule has 17 heavy (non-hydrogen) atoms. The summed E-state index contributed by atoms with van der Waals surface area (Å²) >= 11 is 0. The van der Waals surface area contributed by atoms with Crippen LogP contribution in [0, 0.1) is 0 Å². The van der Waals surface area contributed by atoms with Gasteiger partial charge in [-0.2, -0.15) is 13.2 Å². The minimum atomic E-state index is -4.12. The molecule has 0 saturated heterocycles. The van der Waals surface area contributed by atoms with Crippen molar-refractivity contribution in [2.45, 2.75) is 32.2 Å². The molecule has 0 saturated carbocycles. The molecule has 0 aliphatic heterocycles. The zero-order valence-corrected chi connectivity index (χ0v) is 9.51. The lowest BCUT2D eigenvalue weighted by molar-refractivity contribution is -0.138. The van der Waals surface area contributed by atoms with E-state index in [1.807, 2.05) is 0 Å². The molecule has 98 valence electrons. The molecule has 0 aromatic carbocycles. The van der Waals surface area contributed by atoms with Crippen molar-refractivity contribution in [1.29, 1.82) is 0 Å². The summed E-state index contributed by atoms with van der Waals surface area (Å²) in [6.45, 7) is 0.785. The van der Waals surface area contributed by atoms with Crippen LogP contribution in [-0.4, -0.2) is 25.0 Å². The van der Waals surface area contributed by atoms with E-state index in [1.165, 1.54) is 0 Å². The number of hydrogen-bond donors (Lipinski definition) is 1. The van der Waals surface area contributed by atoms with E-state index < -0.39 is 12.6 Å². The predicted molar refractivity (Wildman–Crippen MR) is 54.2 cm³/mol. The Balaban J connectivity index is 2.13. The molecule has 0 amide bonds. The van der Waals surface area contributed by atoms with Crippen LogP contribution in [0.1, 0.15) is 24.3 Å². The number of aromatic nitrogens is 1. The fraction of sp³-hybridized carbons (Fsp3) is 0.700. The molecule has 1 rings (SSSR count). The Morgan fingerprint density at radius 2 is 2.24 bits per heavy atom. The highest BCUT2D eigenvalue weighted by atomic mass is 19.4. The molecule has 0 unspecified atom stereocenters. The summed E-state index contributed by atoms with van der Waals surface area (Å²) < 4.78 is 45.4. The van der Waals surface area contributed by atoms with Crippen molar-refractivity contribution >= 4 is 0 Å². The Labute approximate surface area is 97.1 Å². The maximum atomic E-state index is 11.8. The predicted octanol–water partition coefficient (Wildman–Crippen LogP) is 2.25. The van der Waals surface area contributed by atoms with Crippen LogP contribution >= 0.6 is 0 Å². The number of nitrogens with zero attached hydrogens (tertiary/aromatic N) is 1. The van der Waals surface area contributed by atoms with Crippen molar-refractivity contribution in [3.63, 3.8) is 0 Å². The molecule has 7 heteroatoms. The molecule has 0 aliphatic carbocycles. The van der Waals surface area contributed by atoms with Crippen molar-refractivity contribution in [2.75, 3.05) is 13.7 Å². The third-order valence-electron chi connectivity index (χ3n) is 1.96. The summed E-state index contributed by atoms with van der Waals surface area (Å²) in [6.07, 6.45) is -4.98. The number of nitrogens with one attached hydrogen (secondary N) is 1. The molecule has 1 N–H and O–H groups in total. The van der Waals surface area contributed by atoms with Crippen molar-refractivity contribution in [1.82, 2.24) is 10.5 Å². The van der Waals surface area contributed by atoms with Crippen molar-refractivity contribution in [2.24, 2.45) is 0 Å². The molecule has 0 spiro atoms. The van der Waals surface area contributed by atoms with Gasteiger partial charge in [-0.05, 0) is 13.5 Å². The number of halogens is 3. The van der Waals surface area contributed by atoms with Crippen molar-refractivity contribution < 1.29 is 22.4 Å². The molecular formula is C10H15F3N2O2. The standard InChI is InChI=1S/C10H15F3N2O2/c1-14-6-8-5-9(17-15-8)7-16-4-2-3-10(11,12)13/h5,14H,2-4,6-7H2,1H3. The highest BCUT2D eigenvalue weighted by molar-refractivity contribution is 5.03. The van der Waals surface area contributed by atoms with Gasteiger partial charge in [-0.1, -0.05) is 5.16 Å². The Bertz CT molecular complexity index is 326. The van der Waals surface area contributed by atoms with Crippen molar-refractivity contribution in [3.8, 4) is 0 Å². The second kappa shape index (κ2) is 6.61. The van der Waals surface area contributed by atoms with Crippen LogP contribution in [0.15, 0.2) is 10.6 Å². The summed E-state index contributed by atoms with van der Waals surface area (Å²) in [7, 11) is 1.78. The lowest BCUT2D eigenvalue weighted by Gasteiger charge is -2.05. The summed E-state index contributed by atoms with van der Waals surface area (Å²) in [6, 6.07) is 1.71. The Hall–Kier alpha value is -1.08. The van der Waals surface area contributed by atoms with E-state index in [0.29, 0.717) is 12.3 Å². The first-order chi connectivity index (χ1) is 8.01. The second-order valence-corrected chi connectivity index (χ2v) is 3.59. The van der Waals surface area contributed by atoms with Gasteiger partial charge in [-0.25, -0.2) is 0 Å². The highest BCUT2D eigenvalue weighted by Crippen LogP contribution is 2.21. The van der Waals surface area contributed by atoms with Gasteiger partial charge >= 0.3 is 6.18 Å². The largest absolute Gasteiger partial charge is 0.389 e. The van der Waals surface area contributed by atoms with E-state index in [0.717, 1.165) is 5.69 Å². The first kappa shape index (κ1) is 14.0. The monoisotopic (exact) mass is 252 g/mol. The van der Waals surface area contributed by atoms with E-state index in [4.69, 9.17) is 9.26 Å². The molecule has 0 bridgehead atoms. The lowest BCUT2D eigenvalue weighted by Crippen LogP contribution is -2.08.